The second kappa shape index (κ2) is 7.88. The summed E-state index contributed by atoms with van der Waals surface area (Å²) in [4.78, 5) is 15.7. The van der Waals surface area contributed by atoms with E-state index in [1.165, 1.54) is 21.9 Å². The molecule has 0 bridgehead atoms. The summed E-state index contributed by atoms with van der Waals surface area (Å²) in [6.45, 7) is 6.40. The van der Waals surface area contributed by atoms with Crippen molar-refractivity contribution < 1.29 is 0 Å². The average Bonchev–Trinajstić information content (AvgIpc) is 3.49. The SMILES string of the molecule is CCc1ncc(-c2ccc3cc(-c4ccc(-c5cnc(C(C)C)[nH]5)cc4)ccc3c2)[nH]1. The van der Waals surface area contributed by atoms with Gasteiger partial charge in [0, 0.05) is 17.9 Å². The Bertz CT molecular complexity index is 1340. The number of nitrogens with zero attached hydrogens (tertiary/aromatic N) is 2. The van der Waals surface area contributed by atoms with Gasteiger partial charge in [0.2, 0.25) is 0 Å². The fraction of sp³-hybridized carbons (Fsp3) is 0.185. The zero-order chi connectivity index (χ0) is 21.4. The van der Waals surface area contributed by atoms with E-state index in [9.17, 15) is 0 Å². The maximum Gasteiger partial charge on any atom is 0.109 e. The van der Waals surface area contributed by atoms with E-state index in [1.807, 2.05) is 12.4 Å². The number of aryl methyl sites for hydroxylation is 1. The summed E-state index contributed by atoms with van der Waals surface area (Å²) in [6, 6.07) is 21.9. The summed E-state index contributed by atoms with van der Waals surface area (Å²) in [6.07, 6.45) is 4.75. The van der Waals surface area contributed by atoms with Gasteiger partial charge in [-0.3, -0.25) is 0 Å². The van der Waals surface area contributed by atoms with Gasteiger partial charge in [0.25, 0.3) is 0 Å². The second-order valence-electron chi connectivity index (χ2n) is 8.29. The van der Waals surface area contributed by atoms with Gasteiger partial charge in [-0.15, -0.1) is 0 Å². The molecule has 4 heteroatoms. The molecule has 0 fully saturated rings. The molecule has 0 spiro atoms. The Balaban J connectivity index is 1.42. The maximum absolute atomic E-state index is 4.48. The molecule has 0 saturated heterocycles. The third-order valence-corrected chi connectivity index (χ3v) is 5.79. The second-order valence-corrected chi connectivity index (χ2v) is 8.29. The fourth-order valence-electron chi connectivity index (χ4n) is 3.90. The summed E-state index contributed by atoms with van der Waals surface area (Å²) >= 11 is 0. The van der Waals surface area contributed by atoms with Gasteiger partial charge >= 0.3 is 0 Å². The molecular formula is C27H26N4. The van der Waals surface area contributed by atoms with Gasteiger partial charge in [-0.25, -0.2) is 9.97 Å². The number of benzene rings is 3. The summed E-state index contributed by atoms with van der Waals surface area (Å²) in [5, 5.41) is 2.46. The number of imidazole rings is 2. The lowest BCUT2D eigenvalue weighted by atomic mass is 9.98. The predicted molar refractivity (Wildman–Crippen MR) is 128 cm³/mol. The van der Waals surface area contributed by atoms with E-state index >= 15 is 0 Å². The van der Waals surface area contributed by atoms with Crippen molar-refractivity contribution in [2.24, 2.45) is 0 Å². The quantitative estimate of drug-likeness (QED) is 0.331. The normalized spacial score (nSPS) is 11.5. The van der Waals surface area contributed by atoms with Crippen molar-refractivity contribution in [3.8, 4) is 33.6 Å². The van der Waals surface area contributed by atoms with Crippen molar-refractivity contribution in [1.82, 2.24) is 19.9 Å². The van der Waals surface area contributed by atoms with Crippen LogP contribution in [0.25, 0.3) is 44.4 Å². The van der Waals surface area contributed by atoms with E-state index in [1.54, 1.807) is 0 Å². The molecular weight excluding hydrogens is 380 g/mol. The lowest BCUT2D eigenvalue weighted by Crippen LogP contribution is -1.89. The first-order chi connectivity index (χ1) is 15.1. The number of H-pyrrole nitrogens is 2. The van der Waals surface area contributed by atoms with Crippen LogP contribution in [0, 0.1) is 0 Å². The summed E-state index contributed by atoms with van der Waals surface area (Å²) in [5.74, 6) is 2.44. The number of fused-ring (bicyclic) bond motifs is 1. The molecule has 5 aromatic rings. The molecule has 4 nitrogen and oxygen atoms in total. The highest BCUT2D eigenvalue weighted by atomic mass is 14.9. The van der Waals surface area contributed by atoms with Crippen molar-refractivity contribution in [2.45, 2.75) is 33.1 Å². The molecule has 5 rings (SSSR count). The van der Waals surface area contributed by atoms with Crippen LogP contribution < -0.4 is 0 Å². The van der Waals surface area contributed by atoms with Crippen molar-refractivity contribution in [2.75, 3.05) is 0 Å². The van der Waals surface area contributed by atoms with Crippen LogP contribution in [0.15, 0.2) is 73.1 Å². The third kappa shape index (κ3) is 3.77. The topological polar surface area (TPSA) is 57.4 Å². The van der Waals surface area contributed by atoms with Crippen LogP contribution in [-0.4, -0.2) is 19.9 Å². The standard InChI is InChI=1S/C27H26N4/c1-4-26-28-15-25(30-26)23-12-11-21-13-20(9-10-22(21)14-23)18-5-7-19(8-6-18)24-16-29-27(31-24)17(2)3/h5-17H,4H2,1-3H3,(H,28,30)(H,29,31). The minimum Gasteiger partial charge on any atom is -0.342 e. The predicted octanol–water partition coefficient (Wildman–Crippen LogP) is 6.97. The Hall–Kier alpha value is -3.66. The Morgan fingerprint density at radius 1 is 0.677 bits per heavy atom. The zero-order valence-corrected chi connectivity index (χ0v) is 18.1. The van der Waals surface area contributed by atoms with Crippen LogP contribution >= 0.6 is 0 Å². The number of nitrogens with one attached hydrogen (secondary N) is 2. The Kier molecular flexibility index (Phi) is 4.91. The van der Waals surface area contributed by atoms with E-state index in [0.717, 1.165) is 40.6 Å². The maximum atomic E-state index is 4.48. The molecule has 2 heterocycles. The molecule has 2 aromatic heterocycles. The Morgan fingerprint density at radius 3 is 1.90 bits per heavy atom. The number of aromatic nitrogens is 4. The van der Waals surface area contributed by atoms with Gasteiger partial charge in [-0.05, 0) is 39.6 Å². The van der Waals surface area contributed by atoms with Crippen LogP contribution in [-0.2, 0) is 6.42 Å². The highest BCUT2D eigenvalue weighted by Gasteiger charge is 2.08. The highest BCUT2D eigenvalue weighted by molar-refractivity contribution is 5.90. The number of hydrogen-bond acceptors (Lipinski definition) is 2. The van der Waals surface area contributed by atoms with E-state index in [4.69, 9.17) is 0 Å². The molecule has 0 atom stereocenters. The minimum atomic E-state index is 0.396. The average molecular weight is 407 g/mol. The molecule has 0 saturated carbocycles. The van der Waals surface area contributed by atoms with Gasteiger partial charge in [-0.1, -0.05) is 69.3 Å². The first kappa shape index (κ1) is 19.3. The van der Waals surface area contributed by atoms with E-state index < -0.39 is 0 Å². The lowest BCUT2D eigenvalue weighted by Gasteiger charge is -2.07. The van der Waals surface area contributed by atoms with Crippen LogP contribution in [0.2, 0.25) is 0 Å². The molecule has 2 N–H and O–H groups in total. The smallest absolute Gasteiger partial charge is 0.109 e. The molecule has 0 aliphatic heterocycles. The molecule has 0 aliphatic carbocycles. The minimum absolute atomic E-state index is 0.396. The Labute approximate surface area is 182 Å². The highest BCUT2D eigenvalue weighted by Crippen LogP contribution is 2.29. The third-order valence-electron chi connectivity index (χ3n) is 5.79. The van der Waals surface area contributed by atoms with Crippen molar-refractivity contribution in [3.63, 3.8) is 0 Å². The number of rotatable bonds is 5. The molecule has 154 valence electrons. The van der Waals surface area contributed by atoms with Crippen LogP contribution in [0.3, 0.4) is 0 Å². The monoisotopic (exact) mass is 406 g/mol. The largest absolute Gasteiger partial charge is 0.342 e. The first-order valence-corrected chi connectivity index (χ1v) is 10.8. The van der Waals surface area contributed by atoms with Gasteiger partial charge < -0.3 is 9.97 Å². The Morgan fingerprint density at radius 2 is 1.26 bits per heavy atom. The van der Waals surface area contributed by atoms with Gasteiger partial charge in [0.05, 0.1) is 23.8 Å². The van der Waals surface area contributed by atoms with Crippen LogP contribution in [0.1, 0.15) is 38.3 Å². The van der Waals surface area contributed by atoms with Crippen LogP contribution in [0.4, 0.5) is 0 Å². The van der Waals surface area contributed by atoms with Gasteiger partial charge in [-0.2, -0.15) is 0 Å². The van der Waals surface area contributed by atoms with Crippen molar-refractivity contribution in [3.05, 3.63) is 84.7 Å². The molecule has 31 heavy (non-hydrogen) atoms. The van der Waals surface area contributed by atoms with Crippen LogP contribution in [0.5, 0.6) is 0 Å². The zero-order valence-electron chi connectivity index (χ0n) is 18.1. The molecule has 3 aromatic carbocycles. The summed E-state index contributed by atoms with van der Waals surface area (Å²) in [7, 11) is 0. The van der Waals surface area contributed by atoms with Gasteiger partial charge in [0.1, 0.15) is 11.6 Å². The van der Waals surface area contributed by atoms with Crippen molar-refractivity contribution >= 4 is 10.8 Å². The molecule has 0 radical (unpaired) electrons. The lowest BCUT2D eigenvalue weighted by molar-refractivity contribution is 0.795. The molecule has 0 amide bonds. The number of aromatic amines is 2. The number of hydrogen-bond donors (Lipinski definition) is 2. The summed E-state index contributed by atoms with van der Waals surface area (Å²) < 4.78 is 0. The van der Waals surface area contributed by atoms with E-state index in [0.29, 0.717) is 5.92 Å². The molecule has 0 aliphatic rings. The first-order valence-electron chi connectivity index (χ1n) is 10.8. The van der Waals surface area contributed by atoms with E-state index in [2.05, 4.69) is 101 Å². The van der Waals surface area contributed by atoms with E-state index in [-0.39, 0.29) is 0 Å². The molecule has 0 unspecified atom stereocenters. The van der Waals surface area contributed by atoms with Crippen molar-refractivity contribution in [1.29, 1.82) is 0 Å². The van der Waals surface area contributed by atoms with Gasteiger partial charge in [0.15, 0.2) is 0 Å². The fourth-order valence-corrected chi connectivity index (χ4v) is 3.90. The summed E-state index contributed by atoms with van der Waals surface area (Å²) in [5.41, 5.74) is 6.87.